The number of benzene rings is 1. The molecule has 20 heavy (non-hydrogen) atoms. The molecule has 3 heterocycles. The summed E-state index contributed by atoms with van der Waals surface area (Å²) in [5.74, 6) is 0.637. The van der Waals surface area contributed by atoms with Crippen LogP contribution in [-0.4, -0.2) is 15.3 Å². The van der Waals surface area contributed by atoms with Gasteiger partial charge in [-0.15, -0.1) is 0 Å². The summed E-state index contributed by atoms with van der Waals surface area (Å²) in [6, 6.07) is 11.6. The van der Waals surface area contributed by atoms with E-state index >= 15 is 0 Å². The molecule has 0 bridgehead atoms. The lowest BCUT2D eigenvalue weighted by molar-refractivity contribution is -0.115. The zero-order valence-corrected chi connectivity index (χ0v) is 10.6. The van der Waals surface area contributed by atoms with Crippen LogP contribution in [0.15, 0.2) is 42.6 Å². The number of pyridine rings is 1. The van der Waals surface area contributed by atoms with E-state index in [1.165, 1.54) is 0 Å². The summed E-state index contributed by atoms with van der Waals surface area (Å²) in [6.45, 7) is 0. The van der Waals surface area contributed by atoms with Crippen molar-refractivity contribution in [1.29, 1.82) is 0 Å². The third-order valence-electron chi connectivity index (χ3n) is 3.57. The second kappa shape index (κ2) is 3.84. The monoisotopic (exact) mass is 264 g/mol. The van der Waals surface area contributed by atoms with E-state index in [1.807, 2.05) is 47.0 Å². The number of hydrogen-bond donors (Lipinski definition) is 2. The number of fused-ring (bicyclic) bond motifs is 2. The van der Waals surface area contributed by atoms with Gasteiger partial charge < -0.3 is 11.1 Å². The molecule has 1 aliphatic rings. The van der Waals surface area contributed by atoms with Gasteiger partial charge in [-0.3, -0.25) is 9.20 Å². The molecule has 2 aromatic heterocycles. The summed E-state index contributed by atoms with van der Waals surface area (Å²) in [5, 5.41) is 2.82. The summed E-state index contributed by atoms with van der Waals surface area (Å²) in [7, 11) is 0. The molecule has 0 unspecified atom stereocenters. The maximum Gasteiger partial charge on any atom is 0.228 e. The van der Waals surface area contributed by atoms with Gasteiger partial charge in [-0.1, -0.05) is 12.1 Å². The predicted molar refractivity (Wildman–Crippen MR) is 77.4 cm³/mol. The smallest absolute Gasteiger partial charge is 0.228 e. The summed E-state index contributed by atoms with van der Waals surface area (Å²) in [5.41, 5.74) is 10.5. The highest BCUT2D eigenvalue weighted by molar-refractivity contribution is 5.99. The maximum absolute atomic E-state index is 11.4. The van der Waals surface area contributed by atoms with Crippen molar-refractivity contribution in [1.82, 2.24) is 9.38 Å². The van der Waals surface area contributed by atoms with Gasteiger partial charge in [-0.05, 0) is 29.8 Å². The van der Waals surface area contributed by atoms with Crippen molar-refractivity contribution in [3.8, 4) is 11.3 Å². The number of nitrogens with two attached hydrogens (primary N) is 1. The standard InChI is InChI=1S/C15H12N4O/c16-15-14(18-12-3-1-2-6-19(12)15)9-4-5-11-10(7-9)8-13(20)17-11/h1-7H,8,16H2,(H,17,20). The quantitative estimate of drug-likeness (QED) is 0.706. The average Bonchev–Trinajstić information content (AvgIpc) is 2.98. The minimum Gasteiger partial charge on any atom is -0.383 e. The number of carbonyl (C=O) groups excluding carboxylic acids is 1. The molecule has 0 radical (unpaired) electrons. The number of carbonyl (C=O) groups is 1. The Morgan fingerprint density at radius 3 is 3.00 bits per heavy atom. The van der Waals surface area contributed by atoms with Crippen LogP contribution in [0.25, 0.3) is 16.9 Å². The number of amides is 1. The Morgan fingerprint density at radius 2 is 2.15 bits per heavy atom. The first-order valence-corrected chi connectivity index (χ1v) is 6.38. The van der Waals surface area contributed by atoms with Gasteiger partial charge in [-0.2, -0.15) is 0 Å². The summed E-state index contributed by atoms with van der Waals surface area (Å²) < 4.78 is 1.85. The Balaban J connectivity index is 1.90. The number of nitrogens with zero attached hydrogens (tertiary/aromatic N) is 2. The number of rotatable bonds is 1. The molecule has 0 saturated carbocycles. The molecular weight excluding hydrogens is 252 g/mol. The van der Waals surface area contributed by atoms with Gasteiger partial charge in [0.15, 0.2) is 0 Å². The van der Waals surface area contributed by atoms with Crippen LogP contribution in [0.3, 0.4) is 0 Å². The molecule has 0 spiro atoms. The Bertz CT molecular complexity index is 850. The van der Waals surface area contributed by atoms with E-state index in [0.29, 0.717) is 12.2 Å². The largest absolute Gasteiger partial charge is 0.383 e. The second-order valence-electron chi connectivity index (χ2n) is 4.87. The van der Waals surface area contributed by atoms with Gasteiger partial charge in [0.05, 0.1) is 6.42 Å². The molecule has 4 rings (SSSR count). The van der Waals surface area contributed by atoms with E-state index in [4.69, 9.17) is 5.73 Å². The SMILES string of the molecule is Nc1c(-c2ccc3c(c2)CC(=O)N3)nc2ccccn12. The Hall–Kier alpha value is -2.82. The molecule has 98 valence electrons. The van der Waals surface area contributed by atoms with Gasteiger partial charge in [0.25, 0.3) is 0 Å². The van der Waals surface area contributed by atoms with Gasteiger partial charge >= 0.3 is 0 Å². The third kappa shape index (κ3) is 1.50. The van der Waals surface area contributed by atoms with Crippen molar-refractivity contribution in [2.45, 2.75) is 6.42 Å². The third-order valence-corrected chi connectivity index (χ3v) is 3.57. The van der Waals surface area contributed by atoms with Crippen LogP contribution < -0.4 is 11.1 Å². The summed E-state index contributed by atoms with van der Waals surface area (Å²) >= 11 is 0. The van der Waals surface area contributed by atoms with Crippen LogP contribution in [0.2, 0.25) is 0 Å². The highest BCUT2D eigenvalue weighted by Crippen LogP contribution is 2.31. The normalized spacial score (nSPS) is 13.5. The number of imidazole rings is 1. The first kappa shape index (κ1) is 11.0. The molecule has 1 amide bonds. The Kier molecular flexibility index (Phi) is 2.12. The lowest BCUT2D eigenvalue weighted by atomic mass is 10.1. The first-order valence-electron chi connectivity index (χ1n) is 6.38. The summed E-state index contributed by atoms with van der Waals surface area (Å²) in [4.78, 5) is 16.0. The van der Waals surface area contributed by atoms with Crippen molar-refractivity contribution in [3.05, 3.63) is 48.2 Å². The maximum atomic E-state index is 11.4. The van der Waals surface area contributed by atoms with Gasteiger partial charge in [-0.25, -0.2) is 4.98 Å². The molecule has 0 atom stereocenters. The van der Waals surface area contributed by atoms with Crippen LogP contribution in [-0.2, 0) is 11.2 Å². The van der Waals surface area contributed by atoms with Crippen molar-refractivity contribution in [3.63, 3.8) is 0 Å². The zero-order valence-electron chi connectivity index (χ0n) is 10.6. The number of anilines is 2. The highest BCUT2D eigenvalue weighted by atomic mass is 16.1. The van der Waals surface area contributed by atoms with Crippen LogP contribution >= 0.6 is 0 Å². The fourth-order valence-corrected chi connectivity index (χ4v) is 2.60. The second-order valence-corrected chi connectivity index (χ2v) is 4.87. The zero-order chi connectivity index (χ0) is 13.7. The van der Waals surface area contributed by atoms with Crippen molar-refractivity contribution < 1.29 is 4.79 Å². The predicted octanol–water partition coefficient (Wildman–Crippen LogP) is 2.08. The molecule has 0 aliphatic carbocycles. The summed E-state index contributed by atoms with van der Waals surface area (Å²) in [6.07, 6.45) is 2.30. The Labute approximate surface area is 115 Å². The van der Waals surface area contributed by atoms with Crippen LogP contribution in [0.4, 0.5) is 11.5 Å². The number of aromatic nitrogens is 2. The number of hydrogen-bond acceptors (Lipinski definition) is 3. The van der Waals surface area contributed by atoms with E-state index in [9.17, 15) is 4.79 Å². The van der Waals surface area contributed by atoms with Crippen molar-refractivity contribution in [2.24, 2.45) is 0 Å². The molecule has 5 nitrogen and oxygen atoms in total. The Morgan fingerprint density at radius 1 is 1.25 bits per heavy atom. The van der Waals surface area contributed by atoms with Gasteiger partial charge in [0.2, 0.25) is 5.91 Å². The fraction of sp³-hybridized carbons (Fsp3) is 0.0667. The molecule has 3 N–H and O–H groups in total. The minimum atomic E-state index is 0.0279. The molecule has 1 aromatic carbocycles. The van der Waals surface area contributed by atoms with E-state index < -0.39 is 0 Å². The molecule has 0 saturated heterocycles. The highest BCUT2D eigenvalue weighted by Gasteiger charge is 2.19. The first-order chi connectivity index (χ1) is 9.72. The van der Waals surface area contributed by atoms with E-state index in [2.05, 4.69) is 10.3 Å². The van der Waals surface area contributed by atoms with Crippen LogP contribution in [0, 0.1) is 0 Å². The fourth-order valence-electron chi connectivity index (χ4n) is 2.60. The average molecular weight is 264 g/mol. The van der Waals surface area contributed by atoms with Gasteiger partial charge in [0.1, 0.15) is 17.2 Å². The lowest BCUT2D eigenvalue weighted by Crippen LogP contribution is -2.03. The molecule has 5 heteroatoms. The van der Waals surface area contributed by atoms with E-state index in [-0.39, 0.29) is 5.91 Å². The minimum absolute atomic E-state index is 0.0279. The van der Waals surface area contributed by atoms with Crippen LogP contribution in [0.5, 0.6) is 0 Å². The number of nitrogen functional groups attached to an aromatic ring is 1. The van der Waals surface area contributed by atoms with E-state index in [1.54, 1.807) is 0 Å². The lowest BCUT2D eigenvalue weighted by Gasteiger charge is -2.02. The molecule has 1 aliphatic heterocycles. The molecular formula is C15H12N4O. The van der Waals surface area contributed by atoms with Crippen LogP contribution in [0.1, 0.15) is 5.56 Å². The topological polar surface area (TPSA) is 72.4 Å². The van der Waals surface area contributed by atoms with E-state index in [0.717, 1.165) is 28.2 Å². The van der Waals surface area contributed by atoms with Crippen molar-refractivity contribution >= 4 is 23.1 Å². The van der Waals surface area contributed by atoms with Gasteiger partial charge in [0, 0.05) is 17.4 Å². The molecule has 3 aromatic rings. The molecule has 0 fully saturated rings. The number of nitrogens with one attached hydrogen (secondary N) is 1. The van der Waals surface area contributed by atoms with Crippen molar-refractivity contribution in [2.75, 3.05) is 11.1 Å².